The number of nitrogens with zero attached hydrogens (tertiary/aromatic N) is 4. The molecule has 36 heavy (non-hydrogen) atoms. The molecule has 12 heteroatoms. The van der Waals surface area contributed by atoms with Crippen LogP contribution < -0.4 is 11.5 Å². The molecule has 1 aromatic heterocycles. The molecular weight excluding hydrogens is 480 g/mol. The minimum Gasteiger partial charge on any atom is -0.369 e. The Morgan fingerprint density at radius 3 is 2.39 bits per heavy atom. The lowest BCUT2D eigenvalue weighted by atomic mass is 9.67. The number of alkyl halides is 3. The fourth-order valence-corrected chi connectivity index (χ4v) is 4.55. The Kier molecular flexibility index (Phi) is 5.87. The highest BCUT2D eigenvalue weighted by atomic mass is 19.4. The number of hydrogen-bond acceptors (Lipinski definition) is 5. The van der Waals surface area contributed by atoms with Gasteiger partial charge in [-0.2, -0.15) is 23.5 Å². The Balaban J connectivity index is 2.02. The lowest BCUT2D eigenvalue weighted by molar-refractivity contribution is -0.145. The van der Waals surface area contributed by atoms with Crippen molar-refractivity contribution in [3.05, 3.63) is 81.9 Å². The molecule has 2 heterocycles. The Labute approximate surface area is 201 Å². The van der Waals surface area contributed by atoms with E-state index in [4.69, 9.17) is 16.7 Å². The molecule has 0 bridgehead atoms. The van der Waals surface area contributed by atoms with Crippen molar-refractivity contribution in [2.75, 3.05) is 0 Å². The van der Waals surface area contributed by atoms with Gasteiger partial charge in [-0.3, -0.25) is 14.3 Å². The molecular formula is C24H18F4N6O2. The van der Waals surface area contributed by atoms with E-state index in [1.165, 1.54) is 31.2 Å². The molecule has 8 nitrogen and oxygen atoms in total. The smallest absolute Gasteiger partial charge is 0.369 e. The standard InChI is InChI=1S/C24H18F4N6O2/c1-12-19(20(24(26,27)28)34(33-12)11-14-4-2-13(10-29)3-5-14)23(22(31)36)9-18(21(30)35)32-17-8-15(25)6-7-16(17)23/h2-8H,9,11H2,1H3,(H2,30,35)(H2,31,36). The molecule has 0 radical (unpaired) electrons. The molecule has 0 aliphatic carbocycles. The maximum absolute atomic E-state index is 14.6. The zero-order valence-corrected chi connectivity index (χ0v) is 18.7. The lowest BCUT2D eigenvalue weighted by Gasteiger charge is -2.36. The fraction of sp³-hybridized carbons (Fsp3) is 0.208. The number of amides is 2. The predicted molar refractivity (Wildman–Crippen MR) is 120 cm³/mol. The number of benzene rings is 2. The summed E-state index contributed by atoms with van der Waals surface area (Å²) < 4.78 is 58.5. The largest absolute Gasteiger partial charge is 0.433 e. The van der Waals surface area contributed by atoms with Crippen LogP contribution in [0.25, 0.3) is 0 Å². The number of primary amides is 2. The quantitative estimate of drug-likeness (QED) is 0.522. The van der Waals surface area contributed by atoms with Gasteiger partial charge in [-0.25, -0.2) is 9.38 Å². The van der Waals surface area contributed by atoms with Crippen molar-refractivity contribution >= 4 is 23.2 Å². The number of nitriles is 1. The first-order valence-corrected chi connectivity index (χ1v) is 10.5. The van der Waals surface area contributed by atoms with Crippen molar-refractivity contribution in [3.63, 3.8) is 0 Å². The topological polar surface area (TPSA) is 140 Å². The van der Waals surface area contributed by atoms with Gasteiger partial charge in [0.2, 0.25) is 5.91 Å². The molecule has 1 unspecified atom stereocenters. The summed E-state index contributed by atoms with van der Waals surface area (Å²) in [6.07, 6.45) is -5.67. The van der Waals surface area contributed by atoms with E-state index in [0.717, 1.165) is 18.2 Å². The van der Waals surface area contributed by atoms with Crippen LogP contribution in [0.4, 0.5) is 23.2 Å². The first-order chi connectivity index (χ1) is 16.9. The summed E-state index contributed by atoms with van der Waals surface area (Å²) in [6, 6.07) is 10.8. The summed E-state index contributed by atoms with van der Waals surface area (Å²) in [5.74, 6) is -3.09. The van der Waals surface area contributed by atoms with E-state index in [1.54, 1.807) is 0 Å². The van der Waals surface area contributed by atoms with Crippen molar-refractivity contribution < 1.29 is 27.2 Å². The van der Waals surface area contributed by atoms with Gasteiger partial charge in [-0.1, -0.05) is 18.2 Å². The van der Waals surface area contributed by atoms with Crippen molar-refractivity contribution in [1.82, 2.24) is 9.78 Å². The molecule has 2 amide bonds. The Bertz CT molecular complexity index is 1470. The van der Waals surface area contributed by atoms with Gasteiger partial charge in [-0.15, -0.1) is 0 Å². The van der Waals surface area contributed by atoms with Crippen LogP contribution in [-0.4, -0.2) is 27.3 Å². The minimum atomic E-state index is -5.01. The molecule has 184 valence electrons. The van der Waals surface area contributed by atoms with Gasteiger partial charge in [-0.05, 0) is 42.3 Å². The zero-order chi connectivity index (χ0) is 26.4. The summed E-state index contributed by atoms with van der Waals surface area (Å²) in [6.45, 7) is 0.937. The first-order valence-electron chi connectivity index (χ1n) is 10.5. The van der Waals surface area contributed by atoms with Crippen LogP contribution in [0.1, 0.15) is 40.1 Å². The lowest BCUT2D eigenvalue weighted by Crippen LogP contribution is -2.48. The van der Waals surface area contributed by atoms with Gasteiger partial charge in [0.25, 0.3) is 5.91 Å². The Hall–Kier alpha value is -4.53. The molecule has 1 atom stereocenters. The number of rotatable bonds is 5. The summed E-state index contributed by atoms with van der Waals surface area (Å²) in [5.41, 5.74) is 6.83. The van der Waals surface area contributed by atoms with Gasteiger partial charge in [0.15, 0.2) is 0 Å². The second-order valence-electron chi connectivity index (χ2n) is 8.30. The van der Waals surface area contributed by atoms with Gasteiger partial charge in [0, 0.05) is 12.0 Å². The molecule has 0 saturated carbocycles. The van der Waals surface area contributed by atoms with E-state index in [0.29, 0.717) is 15.8 Å². The number of carbonyl (C=O) groups is 2. The number of halogens is 4. The number of aromatic nitrogens is 2. The predicted octanol–water partition coefficient (Wildman–Crippen LogP) is 3.00. The third-order valence-electron chi connectivity index (χ3n) is 6.05. The highest BCUT2D eigenvalue weighted by Gasteiger charge is 2.54. The van der Waals surface area contributed by atoms with Crippen molar-refractivity contribution in [1.29, 1.82) is 5.26 Å². The van der Waals surface area contributed by atoms with E-state index in [2.05, 4.69) is 10.1 Å². The van der Waals surface area contributed by atoms with Crippen LogP contribution in [-0.2, 0) is 27.7 Å². The van der Waals surface area contributed by atoms with Crippen LogP contribution in [0.15, 0.2) is 47.5 Å². The first kappa shape index (κ1) is 24.6. The maximum atomic E-state index is 14.6. The van der Waals surface area contributed by atoms with Crippen LogP contribution in [0.5, 0.6) is 0 Å². The second kappa shape index (κ2) is 8.60. The van der Waals surface area contributed by atoms with Gasteiger partial charge in [0.05, 0.1) is 29.6 Å². The minimum absolute atomic E-state index is 0.104. The van der Waals surface area contributed by atoms with E-state index < -0.39 is 52.6 Å². The molecule has 4 rings (SSSR count). The molecule has 1 aliphatic rings. The molecule has 0 fully saturated rings. The zero-order valence-electron chi connectivity index (χ0n) is 18.7. The average Bonchev–Trinajstić information content (AvgIpc) is 3.14. The van der Waals surface area contributed by atoms with E-state index in [-0.39, 0.29) is 23.5 Å². The van der Waals surface area contributed by atoms with Crippen LogP contribution >= 0.6 is 0 Å². The molecule has 0 saturated heterocycles. The second-order valence-corrected chi connectivity index (χ2v) is 8.30. The third kappa shape index (κ3) is 3.98. The number of hydrogen-bond donors (Lipinski definition) is 2. The summed E-state index contributed by atoms with van der Waals surface area (Å²) in [5, 5.41) is 13.0. The van der Waals surface area contributed by atoms with E-state index in [9.17, 15) is 27.2 Å². The van der Waals surface area contributed by atoms with Crippen LogP contribution in [0.3, 0.4) is 0 Å². The molecule has 2 aromatic carbocycles. The maximum Gasteiger partial charge on any atom is 0.433 e. The van der Waals surface area contributed by atoms with Crippen molar-refractivity contribution in [3.8, 4) is 6.07 Å². The average molecular weight is 498 g/mol. The van der Waals surface area contributed by atoms with E-state index in [1.807, 2.05) is 6.07 Å². The Morgan fingerprint density at radius 2 is 1.83 bits per heavy atom. The van der Waals surface area contributed by atoms with Crippen molar-refractivity contribution in [2.24, 2.45) is 16.5 Å². The molecule has 1 aliphatic heterocycles. The number of aliphatic imine (C=N–C) groups is 1. The molecule has 3 aromatic rings. The highest BCUT2D eigenvalue weighted by molar-refractivity contribution is 6.40. The fourth-order valence-electron chi connectivity index (χ4n) is 4.55. The van der Waals surface area contributed by atoms with Gasteiger partial charge >= 0.3 is 6.18 Å². The highest BCUT2D eigenvalue weighted by Crippen LogP contribution is 2.49. The number of aryl methyl sites for hydroxylation is 1. The number of nitrogens with two attached hydrogens (primary N) is 2. The SMILES string of the molecule is Cc1nn(Cc2ccc(C#N)cc2)c(C(F)(F)F)c1C1(C(N)=O)CC(C(N)=O)=Nc2cc(F)ccc21. The van der Waals surface area contributed by atoms with E-state index >= 15 is 0 Å². The van der Waals surface area contributed by atoms with Gasteiger partial charge < -0.3 is 11.5 Å². The van der Waals surface area contributed by atoms with Crippen LogP contribution in [0.2, 0.25) is 0 Å². The van der Waals surface area contributed by atoms with Gasteiger partial charge in [0.1, 0.15) is 22.6 Å². The number of carbonyl (C=O) groups excluding carboxylic acids is 2. The van der Waals surface area contributed by atoms with Crippen LogP contribution in [0, 0.1) is 24.1 Å². The molecule has 0 spiro atoms. The third-order valence-corrected chi connectivity index (χ3v) is 6.05. The summed E-state index contributed by atoms with van der Waals surface area (Å²) in [4.78, 5) is 29.1. The summed E-state index contributed by atoms with van der Waals surface area (Å²) in [7, 11) is 0. The number of fused-ring (bicyclic) bond motifs is 1. The normalized spacial score (nSPS) is 17.2. The summed E-state index contributed by atoms with van der Waals surface area (Å²) >= 11 is 0. The monoisotopic (exact) mass is 498 g/mol. The molecule has 4 N–H and O–H groups in total. The van der Waals surface area contributed by atoms with Crippen molar-refractivity contribution in [2.45, 2.75) is 31.5 Å². The Morgan fingerprint density at radius 1 is 1.17 bits per heavy atom.